The number of likely N-dealkylation sites (tertiary alicyclic amines) is 1. The monoisotopic (exact) mass is 487 g/mol. The highest BCUT2D eigenvalue weighted by Crippen LogP contribution is 2.35. The molecule has 2 aliphatic rings. The molecule has 0 bridgehead atoms. The summed E-state index contributed by atoms with van der Waals surface area (Å²) in [7, 11) is 0. The molecule has 0 spiro atoms. The Labute approximate surface area is 200 Å². The van der Waals surface area contributed by atoms with Crippen LogP contribution in [0.1, 0.15) is 72.1 Å². The number of pyridine rings is 1. The zero-order valence-corrected chi connectivity index (χ0v) is 19.2. The predicted molar refractivity (Wildman–Crippen MR) is 124 cm³/mol. The third-order valence-electron chi connectivity index (χ3n) is 7.10. The average Bonchev–Trinajstić information content (AvgIpc) is 3.28. The van der Waals surface area contributed by atoms with Gasteiger partial charge in [0.1, 0.15) is 11.6 Å². The largest absolute Gasteiger partial charge is 0.573 e. The van der Waals surface area contributed by atoms with Crippen molar-refractivity contribution >= 4 is 17.1 Å². The SMILES string of the molecule is NC1CCCC(c2nc3nccc(C4CCN(C(=O)c5ccc(OC(F)(F)F)cc5)CC4)c3[nH]2)C1. The fourth-order valence-corrected chi connectivity index (χ4v) is 5.33. The number of imidazole rings is 1. The van der Waals surface area contributed by atoms with Gasteiger partial charge in [-0.1, -0.05) is 6.42 Å². The lowest BCUT2D eigenvalue weighted by molar-refractivity contribution is -0.274. The van der Waals surface area contributed by atoms with Crippen LogP contribution in [0.25, 0.3) is 11.2 Å². The number of rotatable bonds is 4. The number of hydrogen-bond acceptors (Lipinski definition) is 5. The number of ether oxygens (including phenoxy) is 1. The number of nitrogens with zero attached hydrogens (tertiary/aromatic N) is 3. The number of aromatic amines is 1. The van der Waals surface area contributed by atoms with Gasteiger partial charge >= 0.3 is 6.36 Å². The molecule has 3 N–H and O–H groups in total. The van der Waals surface area contributed by atoms with Gasteiger partial charge in [-0.3, -0.25) is 4.79 Å². The first kappa shape index (κ1) is 23.6. The zero-order chi connectivity index (χ0) is 24.6. The molecule has 7 nitrogen and oxygen atoms in total. The van der Waals surface area contributed by atoms with Crippen LogP contribution in [0.2, 0.25) is 0 Å². The Morgan fingerprint density at radius 3 is 2.49 bits per heavy atom. The lowest BCUT2D eigenvalue weighted by Crippen LogP contribution is -2.38. The van der Waals surface area contributed by atoms with Crippen LogP contribution in [-0.4, -0.2) is 51.3 Å². The van der Waals surface area contributed by atoms with E-state index in [1.807, 2.05) is 6.07 Å². The number of H-pyrrole nitrogens is 1. The Kier molecular flexibility index (Phi) is 6.39. The highest BCUT2D eigenvalue weighted by atomic mass is 19.4. The molecule has 1 aliphatic heterocycles. The molecule has 5 rings (SSSR count). The molecule has 1 aliphatic carbocycles. The first-order valence-electron chi connectivity index (χ1n) is 12.0. The third-order valence-corrected chi connectivity index (χ3v) is 7.10. The van der Waals surface area contributed by atoms with Crippen LogP contribution < -0.4 is 10.5 Å². The smallest absolute Gasteiger partial charge is 0.406 e. The van der Waals surface area contributed by atoms with E-state index in [0.29, 0.717) is 24.6 Å². The van der Waals surface area contributed by atoms with Gasteiger partial charge in [0.15, 0.2) is 5.65 Å². The Morgan fingerprint density at radius 1 is 1.06 bits per heavy atom. The van der Waals surface area contributed by atoms with E-state index < -0.39 is 6.36 Å². The maximum Gasteiger partial charge on any atom is 0.573 e. The lowest BCUT2D eigenvalue weighted by atomic mass is 9.86. The number of carbonyl (C=O) groups excluding carboxylic acids is 1. The fraction of sp³-hybridized carbons (Fsp3) is 0.480. The van der Waals surface area contributed by atoms with Crippen LogP contribution in [0.5, 0.6) is 5.75 Å². The summed E-state index contributed by atoms with van der Waals surface area (Å²) in [6, 6.07) is 7.30. The highest BCUT2D eigenvalue weighted by Gasteiger charge is 2.31. The van der Waals surface area contributed by atoms with Crippen molar-refractivity contribution in [1.29, 1.82) is 0 Å². The summed E-state index contributed by atoms with van der Waals surface area (Å²) in [5.74, 6) is 1.01. The molecule has 1 saturated carbocycles. The van der Waals surface area contributed by atoms with Gasteiger partial charge in [0.05, 0.1) is 5.52 Å². The van der Waals surface area contributed by atoms with Crippen molar-refractivity contribution in [2.45, 2.75) is 62.8 Å². The van der Waals surface area contributed by atoms with Crippen molar-refractivity contribution in [1.82, 2.24) is 19.9 Å². The van der Waals surface area contributed by atoms with Crippen LogP contribution in [0, 0.1) is 0 Å². The molecule has 186 valence electrons. The van der Waals surface area contributed by atoms with E-state index in [1.54, 1.807) is 11.1 Å². The number of benzene rings is 1. The van der Waals surface area contributed by atoms with E-state index in [-0.39, 0.29) is 23.6 Å². The summed E-state index contributed by atoms with van der Waals surface area (Å²) in [5.41, 5.74) is 9.36. The summed E-state index contributed by atoms with van der Waals surface area (Å²) < 4.78 is 41.0. The Morgan fingerprint density at radius 2 is 1.80 bits per heavy atom. The van der Waals surface area contributed by atoms with Gasteiger partial charge in [-0.15, -0.1) is 13.2 Å². The molecule has 1 amide bonds. The first-order chi connectivity index (χ1) is 16.8. The topological polar surface area (TPSA) is 97.1 Å². The quantitative estimate of drug-likeness (QED) is 0.548. The average molecular weight is 488 g/mol. The summed E-state index contributed by atoms with van der Waals surface area (Å²) in [5, 5.41) is 0. The molecule has 1 aromatic carbocycles. The molecular formula is C25H28F3N5O2. The Bertz CT molecular complexity index is 1190. The Balaban J connectivity index is 1.25. The number of nitrogens with two attached hydrogens (primary N) is 1. The highest BCUT2D eigenvalue weighted by molar-refractivity contribution is 5.94. The van der Waals surface area contributed by atoms with E-state index >= 15 is 0 Å². The molecule has 1 saturated heterocycles. The molecule has 0 radical (unpaired) electrons. The van der Waals surface area contributed by atoms with Crippen LogP contribution >= 0.6 is 0 Å². The minimum absolute atomic E-state index is 0.195. The second-order valence-electron chi connectivity index (χ2n) is 9.48. The molecule has 3 aromatic rings. The number of hydrogen-bond donors (Lipinski definition) is 2. The van der Waals surface area contributed by atoms with E-state index in [4.69, 9.17) is 10.7 Å². The summed E-state index contributed by atoms with van der Waals surface area (Å²) >= 11 is 0. The van der Waals surface area contributed by atoms with Crippen molar-refractivity contribution < 1.29 is 22.7 Å². The summed E-state index contributed by atoms with van der Waals surface area (Å²) in [4.78, 5) is 27.4. The van der Waals surface area contributed by atoms with Gasteiger partial charge in [0, 0.05) is 36.8 Å². The zero-order valence-electron chi connectivity index (χ0n) is 19.2. The number of fused-ring (bicyclic) bond motifs is 1. The fourth-order valence-electron chi connectivity index (χ4n) is 5.33. The summed E-state index contributed by atoms with van der Waals surface area (Å²) in [6.45, 7) is 1.12. The number of piperidine rings is 1. The second kappa shape index (κ2) is 9.49. The number of carbonyl (C=O) groups is 1. The van der Waals surface area contributed by atoms with Crippen LogP contribution in [-0.2, 0) is 0 Å². The number of aromatic nitrogens is 3. The molecular weight excluding hydrogens is 459 g/mol. The van der Waals surface area contributed by atoms with E-state index in [9.17, 15) is 18.0 Å². The summed E-state index contributed by atoms with van der Waals surface area (Å²) in [6.07, 6.45) is 2.76. The third kappa shape index (κ3) is 5.27. The van der Waals surface area contributed by atoms with Gasteiger partial charge in [-0.25, -0.2) is 9.97 Å². The molecule has 3 heterocycles. The van der Waals surface area contributed by atoms with Crippen molar-refractivity contribution in [2.75, 3.05) is 13.1 Å². The van der Waals surface area contributed by atoms with E-state index in [1.165, 1.54) is 12.1 Å². The standard InChI is InChI=1S/C25H28F3N5O2/c26-25(27,28)35-19-6-4-16(5-7-19)24(34)33-12-9-15(10-13-33)20-8-11-30-23-21(20)31-22(32-23)17-2-1-3-18(29)14-17/h4-8,11,15,17-18H,1-3,9-10,12-14,29H2,(H,30,31,32). The van der Waals surface area contributed by atoms with Crippen molar-refractivity contribution in [3.8, 4) is 5.75 Å². The maximum atomic E-state index is 12.9. The van der Waals surface area contributed by atoms with Gasteiger partial charge in [-0.2, -0.15) is 0 Å². The minimum Gasteiger partial charge on any atom is -0.406 e. The number of nitrogens with one attached hydrogen (secondary N) is 1. The Hall–Kier alpha value is -3.14. The maximum absolute atomic E-state index is 12.9. The van der Waals surface area contributed by atoms with Gasteiger partial charge in [0.25, 0.3) is 5.91 Å². The van der Waals surface area contributed by atoms with Crippen LogP contribution in [0.3, 0.4) is 0 Å². The number of halogens is 3. The predicted octanol–water partition coefficient (Wildman–Crippen LogP) is 4.86. The first-order valence-corrected chi connectivity index (χ1v) is 12.0. The van der Waals surface area contributed by atoms with Gasteiger partial charge in [-0.05, 0) is 73.9 Å². The number of alkyl halides is 3. The normalized spacial score (nSPS) is 21.9. The minimum atomic E-state index is -4.76. The molecule has 2 atom stereocenters. The molecule has 2 unspecified atom stereocenters. The molecule has 2 aromatic heterocycles. The van der Waals surface area contributed by atoms with Crippen molar-refractivity contribution in [2.24, 2.45) is 5.73 Å². The lowest BCUT2D eigenvalue weighted by Gasteiger charge is -2.32. The van der Waals surface area contributed by atoms with E-state index in [0.717, 1.165) is 73.2 Å². The van der Waals surface area contributed by atoms with Gasteiger partial charge < -0.3 is 20.4 Å². The van der Waals surface area contributed by atoms with Crippen LogP contribution in [0.4, 0.5) is 13.2 Å². The van der Waals surface area contributed by atoms with E-state index in [2.05, 4.69) is 14.7 Å². The van der Waals surface area contributed by atoms with Gasteiger partial charge in [0.2, 0.25) is 0 Å². The molecule has 35 heavy (non-hydrogen) atoms. The van der Waals surface area contributed by atoms with Crippen molar-refractivity contribution in [3.05, 3.63) is 53.5 Å². The van der Waals surface area contributed by atoms with Crippen LogP contribution in [0.15, 0.2) is 36.5 Å². The second-order valence-corrected chi connectivity index (χ2v) is 9.48. The molecule has 2 fully saturated rings. The number of amides is 1. The molecule has 10 heteroatoms. The van der Waals surface area contributed by atoms with Crippen molar-refractivity contribution in [3.63, 3.8) is 0 Å².